The van der Waals surface area contributed by atoms with Crippen molar-refractivity contribution >= 4 is 23.9 Å². The highest BCUT2D eigenvalue weighted by Gasteiger charge is 2.59. The molecule has 4 aromatic rings. The van der Waals surface area contributed by atoms with Crippen molar-refractivity contribution in [2.24, 2.45) is 51.2 Å². The molecule has 0 radical (unpaired) electrons. The molecule has 12 rings (SSSR count). The van der Waals surface area contributed by atoms with Crippen molar-refractivity contribution in [1.29, 1.82) is 0 Å². The molecular formula is C83H112O8. The van der Waals surface area contributed by atoms with Gasteiger partial charge in [0.1, 0.15) is 31.8 Å². The summed E-state index contributed by atoms with van der Waals surface area (Å²) in [5.74, 6) is 1.37. The lowest BCUT2D eigenvalue weighted by Crippen LogP contribution is -2.54. The second-order valence-corrected chi connectivity index (χ2v) is 34.1. The van der Waals surface area contributed by atoms with Crippen LogP contribution in [0.25, 0.3) is 0 Å². The van der Waals surface area contributed by atoms with Crippen LogP contribution in [-0.2, 0) is 80.1 Å². The van der Waals surface area contributed by atoms with Crippen LogP contribution in [0, 0.1) is 51.2 Å². The predicted octanol–water partition coefficient (Wildman–Crippen LogP) is 18.9. The Morgan fingerprint density at radius 1 is 0.451 bits per heavy atom. The molecule has 4 aromatic carbocycles. The van der Waals surface area contributed by atoms with E-state index in [1.165, 1.54) is 66.8 Å². The van der Waals surface area contributed by atoms with Gasteiger partial charge in [0.15, 0.2) is 0 Å². The molecule has 12 unspecified atom stereocenters. The maximum absolute atomic E-state index is 15.7. The predicted molar refractivity (Wildman–Crippen MR) is 364 cm³/mol. The number of carbonyl (C=O) groups excluding carboxylic acids is 4. The molecule has 492 valence electrons. The van der Waals surface area contributed by atoms with Crippen LogP contribution in [0.1, 0.15) is 296 Å². The number of ether oxygens (including phenoxy) is 4. The van der Waals surface area contributed by atoms with Crippen LogP contribution in [0.5, 0.6) is 0 Å². The summed E-state index contributed by atoms with van der Waals surface area (Å²) < 4.78 is 27.3. The molecule has 91 heavy (non-hydrogen) atoms. The fourth-order valence-electron chi connectivity index (χ4n) is 20.8. The van der Waals surface area contributed by atoms with Gasteiger partial charge in [0.2, 0.25) is 0 Å². The Labute approximate surface area is 547 Å². The minimum absolute atomic E-state index is 0.0276. The topological polar surface area (TPSA) is 105 Å². The zero-order valence-corrected chi connectivity index (χ0v) is 58.4. The summed E-state index contributed by atoms with van der Waals surface area (Å²) in [5.41, 5.74) is 12.4. The standard InChI is InChI=1S/C83H112O8/c1-51(2)55-20-27-66-59(41-55)17-18-64-46-77(9,39-34-67(64)66)74(85)89-48-83(47-88-73(84)63-33-40-78(10)65(45-63)26-19-60-42-56(52(3)4)21-28-68(60)78,49-90-75(86)81(13)37-15-35-79(11)69-29-22-57(53(5)6)43-61(69)24-31-71(79)81)50-91-76(87)82(14)38-16-36-80(12)70-30-23-58(54(7)8)44-62(70)25-32-72(80)82/h20-23,27-30,41-44,51-54,63-65,67,71-72H,15-19,24-26,31-40,45-50H2,1-14H3. The van der Waals surface area contributed by atoms with Gasteiger partial charge in [0.05, 0.1) is 22.2 Å². The molecular weight excluding hydrogens is 1120 g/mol. The molecule has 0 heterocycles. The van der Waals surface area contributed by atoms with E-state index in [0.29, 0.717) is 73.5 Å². The second-order valence-electron chi connectivity index (χ2n) is 34.1. The molecule has 0 aliphatic heterocycles. The summed E-state index contributed by atoms with van der Waals surface area (Å²) in [7, 11) is 0. The molecule has 0 bridgehead atoms. The number of rotatable bonds is 16. The van der Waals surface area contributed by atoms with Crippen molar-refractivity contribution in [3.05, 3.63) is 140 Å². The number of carbonyl (C=O) groups is 4. The van der Waals surface area contributed by atoms with E-state index in [-0.39, 0.29) is 84.3 Å². The Morgan fingerprint density at radius 3 is 1.37 bits per heavy atom. The zero-order valence-electron chi connectivity index (χ0n) is 58.4. The van der Waals surface area contributed by atoms with Crippen molar-refractivity contribution < 1.29 is 38.1 Å². The van der Waals surface area contributed by atoms with Crippen LogP contribution < -0.4 is 0 Å². The van der Waals surface area contributed by atoms with Crippen LogP contribution in [0.15, 0.2) is 72.8 Å². The molecule has 8 nitrogen and oxygen atoms in total. The third-order valence-corrected chi connectivity index (χ3v) is 26.9. The van der Waals surface area contributed by atoms with Crippen LogP contribution in [0.3, 0.4) is 0 Å². The van der Waals surface area contributed by atoms with Gasteiger partial charge in [-0.05, 0) is 273 Å². The highest BCUT2D eigenvalue weighted by molar-refractivity contribution is 5.79. The van der Waals surface area contributed by atoms with Crippen LogP contribution in [-0.4, -0.2) is 50.3 Å². The number of esters is 4. The molecule has 0 saturated heterocycles. The summed E-state index contributed by atoms with van der Waals surface area (Å²) in [6, 6.07) is 28.2. The number of hydrogen-bond donors (Lipinski definition) is 0. The maximum atomic E-state index is 15.7. The Bertz CT molecular complexity index is 3310. The fraction of sp³-hybridized carbons (Fsp3) is 0.663. The summed E-state index contributed by atoms with van der Waals surface area (Å²) in [6.45, 7) is 30.5. The van der Waals surface area contributed by atoms with Gasteiger partial charge in [-0.2, -0.15) is 0 Å². The Kier molecular flexibility index (Phi) is 18.0. The summed E-state index contributed by atoms with van der Waals surface area (Å²) >= 11 is 0. The van der Waals surface area contributed by atoms with E-state index in [0.717, 1.165) is 96.3 Å². The molecule has 4 saturated carbocycles. The third-order valence-electron chi connectivity index (χ3n) is 26.9. The van der Waals surface area contributed by atoms with Gasteiger partial charge in [0, 0.05) is 0 Å². The number of fused-ring (bicyclic) bond motifs is 12. The highest BCUT2D eigenvalue weighted by Crippen LogP contribution is 2.61. The molecule has 0 amide bonds. The van der Waals surface area contributed by atoms with Gasteiger partial charge >= 0.3 is 23.9 Å². The smallest absolute Gasteiger partial charge is 0.312 e. The lowest BCUT2D eigenvalue weighted by Gasteiger charge is -2.54. The van der Waals surface area contributed by atoms with Gasteiger partial charge in [-0.3, -0.25) is 19.2 Å². The van der Waals surface area contributed by atoms with E-state index in [9.17, 15) is 0 Å². The van der Waals surface area contributed by atoms with E-state index in [4.69, 9.17) is 18.9 Å². The van der Waals surface area contributed by atoms with Crippen molar-refractivity contribution in [1.82, 2.24) is 0 Å². The Morgan fingerprint density at radius 2 is 0.879 bits per heavy atom. The van der Waals surface area contributed by atoms with E-state index in [1.54, 1.807) is 0 Å². The minimum atomic E-state index is -1.41. The average Bonchev–Trinajstić information content (AvgIpc) is 0.738. The normalized spacial score (nSPS) is 32.9. The van der Waals surface area contributed by atoms with Crippen LogP contribution in [0.4, 0.5) is 0 Å². The molecule has 8 aliphatic rings. The van der Waals surface area contributed by atoms with E-state index >= 15 is 19.2 Å². The van der Waals surface area contributed by atoms with Crippen molar-refractivity contribution in [2.75, 3.05) is 26.4 Å². The summed E-state index contributed by atoms with van der Waals surface area (Å²) in [4.78, 5) is 61.8. The second kappa shape index (κ2) is 24.8. The SMILES string of the molecule is CC(C)c1ccc2c(c1)CCC1CC(C)(C(=O)OCC(COC(=O)C3CCC4(C)c5ccc(C(C)C)cc5CCC4C3)(COC(=O)C3(C)CCCC4(C)c5ccc(C(C)C)cc5CCC34)COC(=O)C3(C)CCCC4(C)c5ccc(C(C)C)cc5CCC34)CCC21. The first-order valence-electron chi connectivity index (χ1n) is 36.3. The molecule has 0 N–H and O–H groups in total. The van der Waals surface area contributed by atoms with Crippen molar-refractivity contribution in [2.45, 2.75) is 271 Å². The number of benzene rings is 4. The quantitative estimate of drug-likeness (QED) is 0.0807. The highest BCUT2D eigenvalue weighted by atomic mass is 16.6. The maximum Gasteiger partial charge on any atom is 0.312 e. The third kappa shape index (κ3) is 11.8. The Hall–Kier alpha value is -5.24. The fourth-order valence-corrected chi connectivity index (χ4v) is 20.8. The molecule has 8 aliphatic carbocycles. The molecule has 4 fully saturated rings. The Balaban J connectivity index is 0.856. The lowest BCUT2D eigenvalue weighted by atomic mass is 9.49. The van der Waals surface area contributed by atoms with Crippen LogP contribution >= 0.6 is 0 Å². The van der Waals surface area contributed by atoms with Gasteiger partial charge in [-0.25, -0.2) is 0 Å². The first kappa shape index (κ1) is 65.8. The molecule has 0 spiro atoms. The van der Waals surface area contributed by atoms with Crippen LogP contribution in [0.2, 0.25) is 0 Å². The van der Waals surface area contributed by atoms with E-state index in [1.807, 2.05) is 0 Å². The van der Waals surface area contributed by atoms with Gasteiger partial charge < -0.3 is 18.9 Å². The first-order valence-corrected chi connectivity index (χ1v) is 36.3. The largest absolute Gasteiger partial charge is 0.464 e. The van der Waals surface area contributed by atoms with Gasteiger partial charge in [-0.1, -0.05) is 162 Å². The number of hydrogen-bond acceptors (Lipinski definition) is 8. The summed E-state index contributed by atoms with van der Waals surface area (Å²) in [5, 5.41) is 0. The number of aryl methyl sites for hydroxylation is 4. The lowest BCUT2D eigenvalue weighted by molar-refractivity contribution is -0.188. The minimum Gasteiger partial charge on any atom is -0.464 e. The van der Waals surface area contributed by atoms with E-state index < -0.39 is 21.7 Å². The molecule has 8 heteroatoms. The molecule has 0 aromatic heterocycles. The van der Waals surface area contributed by atoms with Gasteiger partial charge in [-0.15, -0.1) is 0 Å². The summed E-state index contributed by atoms with van der Waals surface area (Å²) in [6.07, 6.45) is 17.2. The van der Waals surface area contributed by atoms with Crippen molar-refractivity contribution in [3.8, 4) is 0 Å². The molecule has 12 atom stereocenters. The van der Waals surface area contributed by atoms with E-state index in [2.05, 4.69) is 170 Å². The average molecular weight is 1240 g/mol. The zero-order chi connectivity index (χ0) is 64.8. The first-order chi connectivity index (χ1) is 43.1. The van der Waals surface area contributed by atoms with Crippen molar-refractivity contribution in [3.63, 3.8) is 0 Å². The monoisotopic (exact) mass is 1240 g/mol. The van der Waals surface area contributed by atoms with Gasteiger partial charge in [0.25, 0.3) is 0 Å².